The van der Waals surface area contributed by atoms with Crippen LogP contribution in [0.15, 0.2) is 97.1 Å². The van der Waals surface area contributed by atoms with Crippen molar-refractivity contribution in [2.24, 2.45) is 0 Å². The number of aliphatic hydroxyl groups is 2. The van der Waals surface area contributed by atoms with Gasteiger partial charge < -0.3 is 14.8 Å². The Morgan fingerprint density at radius 3 is 1.83 bits per heavy atom. The summed E-state index contributed by atoms with van der Waals surface area (Å²) < 4.78 is 2.36. The summed E-state index contributed by atoms with van der Waals surface area (Å²) in [6.07, 6.45) is 0. The minimum Gasteiger partial charge on any atom is -0.387 e. The van der Waals surface area contributed by atoms with Crippen molar-refractivity contribution in [2.45, 2.75) is 38.9 Å². The van der Waals surface area contributed by atoms with Gasteiger partial charge in [0, 0.05) is 16.5 Å². The molecule has 6 rings (SSSR count). The average Bonchev–Trinajstić information content (AvgIpc) is 3.15. The predicted molar refractivity (Wildman–Crippen MR) is 154 cm³/mol. The summed E-state index contributed by atoms with van der Waals surface area (Å²) in [5, 5.41) is 25.7. The van der Waals surface area contributed by atoms with Gasteiger partial charge in [-0.25, -0.2) is 0 Å². The van der Waals surface area contributed by atoms with E-state index in [9.17, 15) is 0 Å². The third-order valence-electron chi connectivity index (χ3n) is 7.16. The fraction of sp³-hybridized carbons (Fsp3) is 0.188. The molecule has 4 heteroatoms. The summed E-state index contributed by atoms with van der Waals surface area (Å²) in [7, 11) is 6.00. The van der Waals surface area contributed by atoms with Crippen molar-refractivity contribution < 1.29 is 10.2 Å². The number of hydrogen-bond acceptors (Lipinski definition) is 2. The van der Waals surface area contributed by atoms with E-state index in [0.29, 0.717) is 0 Å². The second-order valence-electron chi connectivity index (χ2n) is 10.4. The summed E-state index contributed by atoms with van der Waals surface area (Å²) in [6, 6.07) is 34.4. The highest BCUT2D eigenvalue weighted by Crippen LogP contribution is 2.36. The summed E-state index contributed by atoms with van der Waals surface area (Å²) in [6.45, 7) is 6.31. The van der Waals surface area contributed by atoms with Gasteiger partial charge in [0.2, 0.25) is 0 Å². The molecule has 0 aliphatic rings. The van der Waals surface area contributed by atoms with Crippen molar-refractivity contribution >= 4 is 56.7 Å². The van der Waals surface area contributed by atoms with Gasteiger partial charge in [-0.3, -0.25) is 0 Å². The van der Waals surface area contributed by atoms with E-state index < -0.39 is 11.2 Å². The Labute approximate surface area is 213 Å². The number of aromatic nitrogens is 1. The highest BCUT2D eigenvalue weighted by Gasteiger charge is 2.31. The molecule has 3 nitrogen and oxygen atoms in total. The molecule has 0 amide bonds. The van der Waals surface area contributed by atoms with Crippen LogP contribution in [-0.2, 0) is 0 Å². The third kappa shape index (κ3) is 4.28. The van der Waals surface area contributed by atoms with Gasteiger partial charge in [0.15, 0.2) is 0 Å². The molecule has 0 bridgehead atoms. The molecule has 36 heavy (non-hydrogen) atoms. The number of benzene rings is 5. The van der Waals surface area contributed by atoms with Crippen LogP contribution in [0.1, 0.15) is 27.7 Å². The Kier molecular flexibility index (Phi) is 5.90. The Balaban J connectivity index is 0.000000292. The molecule has 0 spiro atoms. The predicted octanol–water partition coefficient (Wildman–Crippen LogP) is 6.41. The lowest BCUT2D eigenvalue weighted by Gasteiger charge is -2.31. The number of fused-ring (bicyclic) bond motifs is 6. The molecule has 0 saturated heterocycles. The van der Waals surface area contributed by atoms with Crippen molar-refractivity contribution in [3.63, 3.8) is 0 Å². The molecular formula is C32H30BNO2. The molecule has 0 fully saturated rings. The van der Waals surface area contributed by atoms with Gasteiger partial charge in [-0.05, 0) is 79.6 Å². The zero-order valence-electron chi connectivity index (χ0n) is 21.2. The van der Waals surface area contributed by atoms with E-state index in [0.717, 1.165) is 5.46 Å². The number of rotatable bonds is 2. The second kappa shape index (κ2) is 8.81. The molecule has 0 aliphatic carbocycles. The van der Waals surface area contributed by atoms with Crippen LogP contribution in [0.3, 0.4) is 0 Å². The minimum atomic E-state index is -1.01. The van der Waals surface area contributed by atoms with E-state index in [2.05, 4.69) is 89.5 Å². The molecule has 0 unspecified atom stereocenters. The van der Waals surface area contributed by atoms with Crippen LogP contribution in [0, 0.1) is 0 Å². The second-order valence-corrected chi connectivity index (χ2v) is 10.4. The summed E-state index contributed by atoms with van der Waals surface area (Å²) in [4.78, 5) is 0. The van der Waals surface area contributed by atoms with Gasteiger partial charge in [0.05, 0.1) is 22.2 Å². The summed E-state index contributed by atoms with van der Waals surface area (Å²) >= 11 is 0. The first-order valence-electron chi connectivity index (χ1n) is 12.2. The van der Waals surface area contributed by atoms with Gasteiger partial charge in [-0.15, -0.1) is 0 Å². The van der Waals surface area contributed by atoms with Crippen LogP contribution in [0.2, 0.25) is 0 Å². The van der Waals surface area contributed by atoms with Gasteiger partial charge in [0.1, 0.15) is 7.85 Å². The molecular weight excluding hydrogens is 441 g/mol. The smallest absolute Gasteiger partial charge is 0.113 e. The molecule has 0 aliphatic heterocycles. The van der Waals surface area contributed by atoms with Crippen LogP contribution >= 0.6 is 0 Å². The monoisotopic (exact) mass is 471 g/mol. The first kappa shape index (κ1) is 24.1. The molecule has 2 N–H and O–H groups in total. The van der Waals surface area contributed by atoms with Crippen LogP contribution in [0.25, 0.3) is 49.0 Å². The molecule has 1 heterocycles. The summed E-state index contributed by atoms with van der Waals surface area (Å²) in [5.41, 5.74) is 2.43. The van der Waals surface area contributed by atoms with Gasteiger partial charge in [-0.2, -0.15) is 0 Å². The maximum absolute atomic E-state index is 9.10. The number of nitrogens with zero attached hydrogens (tertiary/aromatic N) is 1. The fourth-order valence-corrected chi connectivity index (χ4v) is 4.40. The van der Waals surface area contributed by atoms with E-state index in [1.54, 1.807) is 27.7 Å². The van der Waals surface area contributed by atoms with Crippen LogP contribution in [-0.4, -0.2) is 33.8 Å². The lowest BCUT2D eigenvalue weighted by Crippen LogP contribution is -2.44. The summed E-state index contributed by atoms with van der Waals surface area (Å²) in [5.74, 6) is 0. The fourth-order valence-electron chi connectivity index (χ4n) is 4.40. The first-order valence-corrected chi connectivity index (χ1v) is 12.2. The van der Waals surface area contributed by atoms with E-state index >= 15 is 0 Å². The lowest BCUT2D eigenvalue weighted by atomic mass is 9.90. The highest BCUT2D eigenvalue weighted by molar-refractivity contribution is 6.33. The normalized spacial score (nSPS) is 12.3. The van der Waals surface area contributed by atoms with Crippen molar-refractivity contribution in [2.75, 3.05) is 0 Å². The van der Waals surface area contributed by atoms with Crippen molar-refractivity contribution in [3.8, 4) is 5.69 Å². The largest absolute Gasteiger partial charge is 0.387 e. The van der Waals surface area contributed by atoms with Crippen molar-refractivity contribution in [1.82, 2.24) is 4.57 Å². The van der Waals surface area contributed by atoms with Gasteiger partial charge in [0.25, 0.3) is 0 Å². The maximum Gasteiger partial charge on any atom is 0.113 e. The molecule has 178 valence electrons. The van der Waals surface area contributed by atoms with Crippen molar-refractivity contribution in [3.05, 3.63) is 97.1 Å². The zero-order valence-corrected chi connectivity index (χ0v) is 21.2. The number of hydrogen-bond donors (Lipinski definition) is 2. The van der Waals surface area contributed by atoms with Crippen LogP contribution in [0.5, 0.6) is 0 Å². The quantitative estimate of drug-likeness (QED) is 0.226. The van der Waals surface area contributed by atoms with E-state index in [1.807, 2.05) is 12.1 Å². The average molecular weight is 471 g/mol. The Morgan fingerprint density at radius 1 is 0.556 bits per heavy atom. The SMILES string of the molecule is CC(C)(O)C(C)(C)O.[B]c1ccc2c(ccc3cc4c(cc32)c2ccccc2n4-c2ccccc2)c1. The Bertz CT molecular complexity index is 1690. The number of para-hydroxylation sites is 2. The topological polar surface area (TPSA) is 45.4 Å². The standard InChI is InChI=1S/C26H16BN.C6H14O2/c27-19-12-13-21-17(14-19)10-11-18-15-26-24(16-23(18)21)22-8-4-5-9-25(22)28(26)20-6-2-1-3-7-20;1-5(2,7)6(3,4)8/h1-16H;7-8H,1-4H3. The molecule has 0 atom stereocenters. The molecule has 1 aromatic heterocycles. The van der Waals surface area contributed by atoms with Gasteiger partial charge >= 0.3 is 0 Å². The van der Waals surface area contributed by atoms with Crippen molar-refractivity contribution in [1.29, 1.82) is 0 Å². The Hall–Kier alpha value is -3.60. The van der Waals surface area contributed by atoms with E-state index in [4.69, 9.17) is 18.1 Å². The Morgan fingerprint density at radius 2 is 1.17 bits per heavy atom. The molecule has 2 radical (unpaired) electrons. The highest BCUT2D eigenvalue weighted by atomic mass is 16.3. The van der Waals surface area contributed by atoms with E-state index in [-0.39, 0.29) is 0 Å². The molecule has 6 aromatic rings. The lowest BCUT2D eigenvalue weighted by molar-refractivity contribution is -0.107. The van der Waals surface area contributed by atoms with E-state index in [1.165, 1.54) is 49.0 Å². The van der Waals surface area contributed by atoms with Gasteiger partial charge in [-0.1, -0.05) is 72.2 Å². The first-order chi connectivity index (χ1) is 17.0. The maximum atomic E-state index is 9.10. The molecule has 5 aromatic carbocycles. The molecule has 0 saturated carbocycles. The zero-order chi connectivity index (χ0) is 25.7. The van der Waals surface area contributed by atoms with Crippen LogP contribution in [0.4, 0.5) is 0 Å². The third-order valence-corrected chi connectivity index (χ3v) is 7.16. The minimum absolute atomic E-state index is 0.800. The van der Waals surface area contributed by atoms with Crippen LogP contribution < -0.4 is 5.46 Å².